The summed E-state index contributed by atoms with van der Waals surface area (Å²) in [6.07, 6.45) is -7.46. The molecular weight excluding hydrogens is 213 g/mol. The first-order valence-electron chi connectivity index (χ1n) is 4.17. The molecule has 1 N–H and O–H groups in total. The fourth-order valence-electron chi connectivity index (χ4n) is 0.765. The van der Waals surface area contributed by atoms with E-state index in [2.05, 4.69) is 15.4 Å². The summed E-state index contributed by atoms with van der Waals surface area (Å²) in [6.45, 7) is 5.12. The molecule has 0 saturated carbocycles. The molecule has 0 aromatic carbocycles. The maximum atomic E-state index is 12.1. The summed E-state index contributed by atoms with van der Waals surface area (Å²) in [5.74, 6) is -0.738. The van der Waals surface area contributed by atoms with E-state index in [1.54, 1.807) is 20.8 Å². The standard InChI is InChI=1S/C7H11F3N4O/c1-6(2,3)14-12-5(11-13-14)4(15)7(8,9)10/h4,15H,1-3H3/t4-/m0/s1. The number of aromatic nitrogens is 4. The van der Waals surface area contributed by atoms with Crippen molar-refractivity contribution in [1.82, 2.24) is 20.2 Å². The smallest absolute Gasteiger partial charge is 0.377 e. The van der Waals surface area contributed by atoms with Crippen molar-refractivity contribution in [3.05, 3.63) is 5.82 Å². The third-order valence-corrected chi connectivity index (χ3v) is 1.58. The lowest BCUT2D eigenvalue weighted by Crippen LogP contribution is -2.26. The number of tetrazole rings is 1. The average molecular weight is 224 g/mol. The molecule has 0 radical (unpaired) electrons. The van der Waals surface area contributed by atoms with Gasteiger partial charge in [-0.2, -0.15) is 18.0 Å². The summed E-state index contributed by atoms with van der Waals surface area (Å²) in [7, 11) is 0. The molecule has 0 aliphatic rings. The van der Waals surface area contributed by atoms with Crippen LogP contribution >= 0.6 is 0 Å². The van der Waals surface area contributed by atoms with Crippen molar-refractivity contribution in [3.8, 4) is 0 Å². The zero-order valence-corrected chi connectivity index (χ0v) is 8.45. The van der Waals surface area contributed by atoms with Crippen LogP contribution in [0.1, 0.15) is 32.7 Å². The van der Waals surface area contributed by atoms with Gasteiger partial charge in [-0.1, -0.05) is 0 Å². The van der Waals surface area contributed by atoms with Gasteiger partial charge in [0.15, 0.2) is 0 Å². The molecule has 0 saturated heterocycles. The van der Waals surface area contributed by atoms with Gasteiger partial charge in [0, 0.05) is 0 Å². The van der Waals surface area contributed by atoms with E-state index >= 15 is 0 Å². The van der Waals surface area contributed by atoms with Gasteiger partial charge in [-0.25, -0.2) is 0 Å². The van der Waals surface area contributed by atoms with Gasteiger partial charge in [0.05, 0.1) is 5.54 Å². The number of hydrogen-bond donors (Lipinski definition) is 1. The Morgan fingerprint density at radius 1 is 1.27 bits per heavy atom. The zero-order chi connectivity index (χ0) is 11.9. The van der Waals surface area contributed by atoms with Crippen LogP contribution in [0.3, 0.4) is 0 Å². The second-order valence-corrected chi connectivity index (χ2v) is 4.05. The van der Waals surface area contributed by atoms with Crippen LogP contribution in [0.15, 0.2) is 0 Å². The average Bonchev–Trinajstić information content (AvgIpc) is 2.47. The lowest BCUT2D eigenvalue weighted by atomic mass is 10.1. The molecule has 0 spiro atoms. The van der Waals surface area contributed by atoms with Crippen LogP contribution in [0, 0.1) is 0 Å². The molecule has 0 bridgehead atoms. The van der Waals surface area contributed by atoms with Crippen LogP contribution in [0.4, 0.5) is 13.2 Å². The molecule has 0 fully saturated rings. The minimum atomic E-state index is -4.77. The summed E-state index contributed by atoms with van der Waals surface area (Å²) < 4.78 is 36.2. The van der Waals surface area contributed by atoms with Crippen molar-refractivity contribution >= 4 is 0 Å². The fourth-order valence-corrected chi connectivity index (χ4v) is 0.765. The van der Waals surface area contributed by atoms with Gasteiger partial charge < -0.3 is 5.11 Å². The van der Waals surface area contributed by atoms with Crippen molar-refractivity contribution < 1.29 is 18.3 Å². The van der Waals surface area contributed by atoms with E-state index in [1.807, 2.05) is 0 Å². The Morgan fingerprint density at radius 3 is 2.13 bits per heavy atom. The Morgan fingerprint density at radius 2 is 1.80 bits per heavy atom. The van der Waals surface area contributed by atoms with Gasteiger partial charge in [0.2, 0.25) is 11.9 Å². The number of rotatable bonds is 1. The lowest BCUT2D eigenvalue weighted by Gasteiger charge is -2.15. The largest absolute Gasteiger partial charge is 0.421 e. The van der Waals surface area contributed by atoms with Gasteiger partial charge in [0.1, 0.15) is 0 Å². The van der Waals surface area contributed by atoms with E-state index in [1.165, 1.54) is 0 Å². The summed E-state index contributed by atoms with van der Waals surface area (Å²) in [4.78, 5) is 1.03. The number of alkyl halides is 3. The normalized spacial score (nSPS) is 15.4. The second kappa shape index (κ2) is 3.44. The summed E-state index contributed by atoms with van der Waals surface area (Å²) in [5, 5.41) is 18.9. The van der Waals surface area contributed by atoms with Gasteiger partial charge in [0.25, 0.3) is 0 Å². The number of nitrogens with zero attached hydrogens (tertiary/aromatic N) is 4. The van der Waals surface area contributed by atoms with Gasteiger partial charge in [-0.3, -0.25) is 0 Å². The van der Waals surface area contributed by atoms with Crippen molar-refractivity contribution in [2.45, 2.75) is 38.6 Å². The van der Waals surface area contributed by atoms with E-state index in [-0.39, 0.29) is 0 Å². The number of hydrogen-bond acceptors (Lipinski definition) is 4. The predicted octanol–water partition coefficient (Wildman–Crippen LogP) is 1.02. The molecule has 1 aromatic heterocycles. The first-order chi connectivity index (χ1) is 6.62. The number of aliphatic hydroxyl groups is 1. The van der Waals surface area contributed by atoms with E-state index < -0.39 is 23.6 Å². The lowest BCUT2D eigenvalue weighted by molar-refractivity contribution is -0.209. The molecule has 1 rings (SSSR count). The highest BCUT2D eigenvalue weighted by Gasteiger charge is 2.42. The number of aliphatic hydroxyl groups excluding tert-OH is 1. The van der Waals surface area contributed by atoms with Crippen LogP contribution in [-0.4, -0.2) is 31.5 Å². The van der Waals surface area contributed by atoms with Crippen LogP contribution in [0.5, 0.6) is 0 Å². The Kier molecular flexibility index (Phi) is 2.73. The minimum Gasteiger partial charge on any atom is -0.377 e. The third kappa shape index (κ3) is 2.65. The predicted molar refractivity (Wildman–Crippen MR) is 43.8 cm³/mol. The molecule has 1 aromatic rings. The molecule has 0 aliphatic carbocycles. The van der Waals surface area contributed by atoms with Gasteiger partial charge in [-0.05, 0) is 26.0 Å². The fraction of sp³-hybridized carbons (Fsp3) is 0.857. The van der Waals surface area contributed by atoms with E-state index in [4.69, 9.17) is 5.11 Å². The first kappa shape index (κ1) is 11.9. The molecule has 0 aliphatic heterocycles. The second-order valence-electron chi connectivity index (χ2n) is 4.05. The highest BCUT2D eigenvalue weighted by Crippen LogP contribution is 2.30. The third-order valence-electron chi connectivity index (χ3n) is 1.58. The van der Waals surface area contributed by atoms with Crippen LogP contribution < -0.4 is 0 Å². The Bertz CT molecular complexity index is 341. The highest BCUT2D eigenvalue weighted by atomic mass is 19.4. The van der Waals surface area contributed by atoms with Crippen molar-refractivity contribution in [3.63, 3.8) is 0 Å². The van der Waals surface area contributed by atoms with Crippen molar-refractivity contribution in [1.29, 1.82) is 0 Å². The molecule has 5 nitrogen and oxygen atoms in total. The zero-order valence-electron chi connectivity index (χ0n) is 8.45. The van der Waals surface area contributed by atoms with Crippen LogP contribution in [0.25, 0.3) is 0 Å². The summed E-state index contributed by atoms with van der Waals surface area (Å²) in [5.41, 5.74) is -0.573. The molecule has 0 unspecified atom stereocenters. The van der Waals surface area contributed by atoms with Crippen molar-refractivity contribution in [2.24, 2.45) is 0 Å². The summed E-state index contributed by atoms with van der Waals surface area (Å²) in [6, 6.07) is 0. The molecular formula is C7H11F3N4O. The number of halogens is 3. The summed E-state index contributed by atoms with van der Waals surface area (Å²) >= 11 is 0. The molecule has 8 heteroatoms. The van der Waals surface area contributed by atoms with Gasteiger partial charge in [-0.15, -0.1) is 10.2 Å². The topological polar surface area (TPSA) is 63.8 Å². The monoisotopic (exact) mass is 224 g/mol. The van der Waals surface area contributed by atoms with E-state index in [0.29, 0.717) is 0 Å². The molecule has 0 amide bonds. The minimum absolute atomic E-state index is 0.573. The van der Waals surface area contributed by atoms with Crippen LogP contribution in [0.2, 0.25) is 0 Å². The van der Waals surface area contributed by atoms with E-state index in [9.17, 15) is 13.2 Å². The Balaban J connectivity index is 2.95. The first-order valence-corrected chi connectivity index (χ1v) is 4.17. The molecule has 1 heterocycles. The maximum Gasteiger partial charge on any atom is 0.421 e. The molecule has 86 valence electrons. The SMILES string of the molecule is CC(C)(C)n1nnc([C@H](O)C(F)(F)F)n1. The highest BCUT2D eigenvalue weighted by molar-refractivity contribution is 4.89. The van der Waals surface area contributed by atoms with E-state index in [0.717, 1.165) is 4.80 Å². The Hall–Kier alpha value is -1.18. The van der Waals surface area contributed by atoms with Crippen molar-refractivity contribution in [2.75, 3.05) is 0 Å². The quantitative estimate of drug-likeness (QED) is 0.773. The Labute approximate surface area is 83.9 Å². The molecule has 15 heavy (non-hydrogen) atoms. The van der Waals surface area contributed by atoms with Crippen LogP contribution in [-0.2, 0) is 5.54 Å². The molecule has 1 atom stereocenters. The maximum absolute atomic E-state index is 12.1. The van der Waals surface area contributed by atoms with Gasteiger partial charge >= 0.3 is 6.18 Å².